The molecule has 1 amide bonds. The Bertz CT molecular complexity index is 525. The number of benzene rings is 1. The first-order valence-corrected chi connectivity index (χ1v) is 7.17. The van der Waals surface area contributed by atoms with E-state index in [1.807, 2.05) is 0 Å². The summed E-state index contributed by atoms with van der Waals surface area (Å²) < 4.78 is 0. The number of nitro benzene ring substituents is 1. The highest BCUT2D eigenvalue weighted by Crippen LogP contribution is 2.25. The van der Waals surface area contributed by atoms with Crippen LogP contribution in [-0.2, 0) is 0 Å². The molecule has 1 fully saturated rings. The van der Waals surface area contributed by atoms with Crippen molar-refractivity contribution in [3.05, 3.63) is 39.4 Å². The van der Waals surface area contributed by atoms with E-state index in [2.05, 4.69) is 0 Å². The molecule has 0 saturated carbocycles. The van der Waals surface area contributed by atoms with E-state index in [0.29, 0.717) is 36.0 Å². The van der Waals surface area contributed by atoms with Crippen LogP contribution in [0.1, 0.15) is 28.8 Å². The highest BCUT2D eigenvalue weighted by atomic mass is 35.5. The van der Waals surface area contributed by atoms with Crippen molar-refractivity contribution in [3.8, 4) is 0 Å². The van der Waals surface area contributed by atoms with E-state index in [1.165, 1.54) is 6.07 Å². The van der Waals surface area contributed by atoms with Crippen LogP contribution in [0.2, 0.25) is 0 Å². The summed E-state index contributed by atoms with van der Waals surface area (Å²) in [7, 11) is 0. The molecule has 0 bridgehead atoms. The highest BCUT2D eigenvalue weighted by Gasteiger charge is 2.26. The summed E-state index contributed by atoms with van der Waals surface area (Å²) in [6, 6.07) is 4.63. The van der Waals surface area contributed by atoms with E-state index in [-0.39, 0.29) is 11.6 Å². The van der Waals surface area contributed by atoms with Crippen molar-refractivity contribution in [2.24, 2.45) is 5.92 Å². The quantitative estimate of drug-likeness (QED) is 0.489. The minimum absolute atomic E-state index is 0.00788. The van der Waals surface area contributed by atoms with Crippen LogP contribution in [0.3, 0.4) is 0 Å². The summed E-state index contributed by atoms with van der Waals surface area (Å²) in [6.45, 7) is 2.95. The number of nitro groups is 1. The van der Waals surface area contributed by atoms with Gasteiger partial charge in [-0.1, -0.05) is 6.07 Å². The van der Waals surface area contributed by atoms with Crippen LogP contribution in [0, 0.1) is 23.0 Å². The number of carbonyl (C=O) groups is 1. The summed E-state index contributed by atoms with van der Waals surface area (Å²) in [4.78, 5) is 24.7. The third kappa shape index (κ3) is 2.93. The number of alkyl halides is 1. The summed E-state index contributed by atoms with van der Waals surface area (Å²) in [5.74, 6) is 0.962. The molecule has 108 valence electrons. The van der Waals surface area contributed by atoms with Gasteiger partial charge >= 0.3 is 0 Å². The maximum Gasteiger partial charge on any atom is 0.273 e. The third-order valence-corrected chi connectivity index (χ3v) is 4.29. The Morgan fingerprint density at radius 1 is 1.45 bits per heavy atom. The molecule has 0 aliphatic carbocycles. The fourth-order valence-electron chi connectivity index (χ4n) is 2.51. The molecule has 6 heteroatoms. The molecule has 0 spiro atoms. The fourth-order valence-corrected chi connectivity index (χ4v) is 2.82. The maximum absolute atomic E-state index is 12.5. The van der Waals surface area contributed by atoms with Crippen molar-refractivity contribution >= 4 is 23.2 Å². The molecule has 0 unspecified atom stereocenters. The third-order valence-electron chi connectivity index (χ3n) is 3.85. The summed E-state index contributed by atoms with van der Waals surface area (Å²) >= 11 is 5.83. The van der Waals surface area contributed by atoms with E-state index in [4.69, 9.17) is 11.6 Å². The van der Waals surface area contributed by atoms with E-state index < -0.39 is 4.92 Å². The SMILES string of the molecule is Cc1c(C(=O)N2CCC(CCl)CC2)cccc1[N+](=O)[O-]. The van der Waals surface area contributed by atoms with Gasteiger partial charge in [-0.3, -0.25) is 14.9 Å². The number of hydrogen-bond donors (Lipinski definition) is 0. The summed E-state index contributed by atoms with van der Waals surface area (Å²) in [5, 5.41) is 10.9. The Morgan fingerprint density at radius 3 is 2.65 bits per heavy atom. The second-order valence-electron chi connectivity index (χ2n) is 5.10. The van der Waals surface area contributed by atoms with Crippen molar-refractivity contribution in [2.75, 3.05) is 19.0 Å². The average Bonchev–Trinajstić information content (AvgIpc) is 2.46. The van der Waals surface area contributed by atoms with Gasteiger partial charge in [0.1, 0.15) is 0 Å². The molecule has 0 atom stereocenters. The lowest BCUT2D eigenvalue weighted by Gasteiger charge is -2.31. The van der Waals surface area contributed by atoms with E-state index in [1.54, 1.807) is 24.0 Å². The van der Waals surface area contributed by atoms with Crippen LogP contribution in [-0.4, -0.2) is 34.7 Å². The lowest BCUT2D eigenvalue weighted by molar-refractivity contribution is -0.385. The lowest BCUT2D eigenvalue weighted by Crippen LogP contribution is -2.39. The Balaban J connectivity index is 2.18. The summed E-state index contributed by atoms with van der Waals surface area (Å²) in [5.41, 5.74) is 0.844. The van der Waals surface area contributed by atoms with Crippen LogP contribution >= 0.6 is 11.6 Å². The Kier molecular flexibility index (Phi) is 4.60. The summed E-state index contributed by atoms with van der Waals surface area (Å²) in [6.07, 6.45) is 1.78. The van der Waals surface area contributed by atoms with Gasteiger partial charge in [-0.05, 0) is 31.7 Å². The van der Waals surface area contributed by atoms with E-state index in [9.17, 15) is 14.9 Å². The van der Waals surface area contributed by atoms with Crippen molar-refractivity contribution in [2.45, 2.75) is 19.8 Å². The number of likely N-dealkylation sites (tertiary alicyclic amines) is 1. The van der Waals surface area contributed by atoms with Gasteiger partial charge in [0.25, 0.3) is 11.6 Å². The minimum Gasteiger partial charge on any atom is -0.339 e. The Morgan fingerprint density at radius 2 is 2.10 bits per heavy atom. The molecule has 1 saturated heterocycles. The van der Waals surface area contributed by atoms with Crippen molar-refractivity contribution in [1.82, 2.24) is 4.90 Å². The lowest BCUT2D eigenvalue weighted by atomic mass is 9.97. The number of nitrogens with zero attached hydrogens (tertiary/aromatic N) is 2. The van der Waals surface area contributed by atoms with Crippen molar-refractivity contribution in [3.63, 3.8) is 0 Å². The molecular formula is C14H17ClN2O3. The molecule has 1 aromatic carbocycles. The molecule has 5 nitrogen and oxygen atoms in total. The van der Waals surface area contributed by atoms with Crippen molar-refractivity contribution < 1.29 is 9.72 Å². The van der Waals surface area contributed by atoms with Crippen LogP contribution in [0.25, 0.3) is 0 Å². The molecule has 1 aliphatic heterocycles. The molecule has 1 heterocycles. The fraction of sp³-hybridized carbons (Fsp3) is 0.500. The predicted octanol–water partition coefficient (Wildman–Crippen LogP) is 2.99. The minimum atomic E-state index is -0.453. The second-order valence-corrected chi connectivity index (χ2v) is 5.41. The van der Waals surface area contributed by atoms with Gasteiger partial charge in [0, 0.05) is 36.2 Å². The van der Waals surface area contributed by atoms with Gasteiger partial charge in [0.2, 0.25) is 0 Å². The van der Waals surface area contributed by atoms with Crippen molar-refractivity contribution in [1.29, 1.82) is 0 Å². The standard InChI is InChI=1S/C14H17ClN2O3/c1-10-12(3-2-4-13(10)17(19)20)14(18)16-7-5-11(9-15)6-8-16/h2-4,11H,5-9H2,1H3. The first kappa shape index (κ1) is 14.8. The Labute approximate surface area is 122 Å². The molecule has 2 rings (SSSR count). The number of piperidine rings is 1. The van der Waals surface area contributed by atoms with Crippen LogP contribution in [0.15, 0.2) is 18.2 Å². The first-order valence-electron chi connectivity index (χ1n) is 6.63. The van der Waals surface area contributed by atoms with Gasteiger partial charge in [-0.15, -0.1) is 11.6 Å². The molecule has 1 aliphatic rings. The van der Waals surface area contributed by atoms with Crippen LogP contribution < -0.4 is 0 Å². The molecule has 0 N–H and O–H groups in total. The molecule has 20 heavy (non-hydrogen) atoms. The zero-order chi connectivity index (χ0) is 14.7. The molecule has 0 radical (unpaired) electrons. The zero-order valence-corrected chi connectivity index (χ0v) is 12.1. The van der Waals surface area contributed by atoms with Gasteiger partial charge in [-0.2, -0.15) is 0 Å². The number of amides is 1. The number of rotatable bonds is 3. The first-order chi connectivity index (χ1) is 9.54. The molecular weight excluding hydrogens is 280 g/mol. The van der Waals surface area contributed by atoms with Gasteiger partial charge in [0.15, 0.2) is 0 Å². The second kappa shape index (κ2) is 6.22. The zero-order valence-electron chi connectivity index (χ0n) is 11.3. The van der Waals surface area contributed by atoms with Crippen LogP contribution in [0.5, 0.6) is 0 Å². The van der Waals surface area contributed by atoms with Gasteiger partial charge < -0.3 is 4.90 Å². The predicted molar refractivity (Wildman–Crippen MR) is 77.2 cm³/mol. The monoisotopic (exact) mass is 296 g/mol. The molecule has 1 aromatic rings. The van der Waals surface area contributed by atoms with Gasteiger partial charge in [-0.25, -0.2) is 0 Å². The van der Waals surface area contributed by atoms with E-state index >= 15 is 0 Å². The smallest absolute Gasteiger partial charge is 0.273 e. The number of hydrogen-bond acceptors (Lipinski definition) is 3. The normalized spacial score (nSPS) is 16.2. The van der Waals surface area contributed by atoms with E-state index in [0.717, 1.165) is 12.8 Å². The number of carbonyl (C=O) groups excluding carboxylic acids is 1. The Hall–Kier alpha value is -1.62. The number of halogens is 1. The van der Waals surface area contributed by atoms with Crippen LogP contribution in [0.4, 0.5) is 5.69 Å². The van der Waals surface area contributed by atoms with Gasteiger partial charge in [0.05, 0.1) is 4.92 Å². The largest absolute Gasteiger partial charge is 0.339 e. The average molecular weight is 297 g/mol. The topological polar surface area (TPSA) is 63.5 Å². The molecule has 0 aromatic heterocycles. The maximum atomic E-state index is 12.5. The highest BCUT2D eigenvalue weighted by molar-refractivity contribution is 6.18.